The van der Waals surface area contributed by atoms with Gasteiger partial charge in [0, 0.05) is 15.6 Å². The Balaban J connectivity index is 2.28. The second kappa shape index (κ2) is 5.00. The third kappa shape index (κ3) is 2.57. The highest BCUT2D eigenvalue weighted by Crippen LogP contribution is 2.32. The predicted molar refractivity (Wildman–Crippen MR) is 61.6 cm³/mol. The van der Waals surface area contributed by atoms with Gasteiger partial charge in [0.25, 0.3) is 0 Å². The smallest absolute Gasteiger partial charge is 0.223 e. The number of aliphatic hydroxyl groups is 1. The van der Waals surface area contributed by atoms with Crippen LogP contribution in [0.15, 0.2) is 30.9 Å². The van der Waals surface area contributed by atoms with Crippen LogP contribution in [0.25, 0.3) is 0 Å². The summed E-state index contributed by atoms with van der Waals surface area (Å²) in [4.78, 5) is 3.60. The van der Waals surface area contributed by atoms with E-state index in [9.17, 15) is 9.50 Å². The maximum absolute atomic E-state index is 13.8. The molecule has 1 heterocycles. The Kier molecular flexibility index (Phi) is 3.61. The lowest BCUT2D eigenvalue weighted by molar-refractivity contribution is 0.0254. The fourth-order valence-corrected chi connectivity index (χ4v) is 1.90. The largest absolute Gasteiger partial charge is 0.383 e. The Labute approximate surface area is 107 Å². The molecule has 7 heteroatoms. The lowest BCUT2D eigenvalue weighted by atomic mass is 10.1. The summed E-state index contributed by atoms with van der Waals surface area (Å²) in [6.07, 6.45) is -0.821. The quantitative estimate of drug-likeness (QED) is 0.937. The summed E-state index contributed by atoms with van der Waals surface area (Å²) in [6, 6.07) is 4.44. The van der Waals surface area contributed by atoms with Crippen molar-refractivity contribution in [1.29, 1.82) is 0 Å². The van der Waals surface area contributed by atoms with Gasteiger partial charge in [-0.1, -0.05) is 29.3 Å². The molecule has 1 N–H and O–H groups in total. The first-order chi connectivity index (χ1) is 8.09. The molecule has 0 aliphatic carbocycles. The molecule has 2 aromatic rings. The van der Waals surface area contributed by atoms with Crippen LogP contribution in [0, 0.1) is 0 Å². The molecule has 0 saturated heterocycles. The molecule has 17 heavy (non-hydrogen) atoms. The summed E-state index contributed by atoms with van der Waals surface area (Å²) in [5.74, 6) is 0. The Morgan fingerprint density at radius 3 is 2.71 bits per heavy atom. The van der Waals surface area contributed by atoms with E-state index in [4.69, 9.17) is 23.2 Å². The summed E-state index contributed by atoms with van der Waals surface area (Å²) in [5, 5.41) is 14.1. The average molecular weight is 276 g/mol. The minimum Gasteiger partial charge on any atom is -0.383 e. The van der Waals surface area contributed by atoms with Gasteiger partial charge in [0.1, 0.15) is 18.8 Å². The van der Waals surface area contributed by atoms with Gasteiger partial charge in [0.2, 0.25) is 6.30 Å². The van der Waals surface area contributed by atoms with Crippen molar-refractivity contribution in [3.8, 4) is 0 Å². The summed E-state index contributed by atoms with van der Waals surface area (Å²) in [7, 11) is 0. The topological polar surface area (TPSA) is 50.9 Å². The first kappa shape index (κ1) is 12.3. The second-order valence-electron chi connectivity index (χ2n) is 3.36. The van der Waals surface area contributed by atoms with Crippen molar-refractivity contribution in [2.45, 2.75) is 12.4 Å². The van der Waals surface area contributed by atoms with Crippen LogP contribution in [0.4, 0.5) is 4.39 Å². The maximum Gasteiger partial charge on any atom is 0.223 e. The number of hydrogen-bond donors (Lipinski definition) is 1. The number of alkyl halides is 1. The molecule has 0 bridgehead atoms. The fraction of sp³-hybridized carbons (Fsp3) is 0.200. The number of hydrogen-bond acceptors (Lipinski definition) is 3. The molecule has 0 saturated carbocycles. The molecule has 90 valence electrons. The van der Waals surface area contributed by atoms with Crippen molar-refractivity contribution in [2.75, 3.05) is 0 Å². The van der Waals surface area contributed by atoms with Crippen molar-refractivity contribution in [3.05, 3.63) is 46.5 Å². The lowest BCUT2D eigenvalue weighted by Crippen LogP contribution is -2.14. The molecule has 0 spiro atoms. The molecule has 0 amide bonds. The highest BCUT2D eigenvalue weighted by atomic mass is 35.5. The third-order valence-corrected chi connectivity index (χ3v) is 2.79. The predicted octanol–water partition coefficient (Wildman–Crippen LogP) is 2.79. The molecular formula is C10H8Cl2FN3O. The van der Waals surface area contributed by atoms with Gasteiger partial charge in [-0.05, 0) is 12.1 Å². The Morgan fingerprint density at radius 1 is 1.35 bits per heavy atom. The Bertz CT molecular complexity index is 506. The zero-order valence-corrected chi connectivity index (χ0v) is 9.98. The van der Waals surface area contributed by atoms with E-state index in [-0.39, 0.29) is 10.6 Å². The van der Waals surface area contributed by atoms with E-state index in [1.54, 1.807) is 0 Å². The van der Waals surface area contributed by atoms with Crippen molar-refractivity contribution in [1.82, 2.24) is 14.8 Å². The molecule has 0 radical (unpaired) electrons. The van der Waals surface area contributed by atoms with E-state index in [2.05, 4.69) is 10.1 Å². The molecule has 1 aromatic carbocycles. The van der Waals surface area contributed by atoms with Crippen LogP contribution in [-0.4, -0.2) is 19.9 Å². The Hall–Kier alpha value is -1.17. The second-order valence-corrected chi connectivity index (χ2v) is 4.20. The van der Waals surface area contributed by atoms with E-state index < -0.39 is 12.4 Å². The van der Waals surface area contributed by atoms with Gasteiger partial charge in [0.15, 0.2) is 0 Å². The number of halogens is 3. The molecule has 0 aliphatic heterocycles. The van der Waals surface area contributed by atoms with Gasteiger partial charge in [-0.15, -0.1) is 0 Å². The summed E-state index contributed by atoms with van der Waals surface area (Å²) in [6.45, 7) is 0. The van der Waals surface area contributed by atoms with Gasteiger partial charge >= 0.3 is 0 Å². The molecule has 0 aliphatic rings. The SMILES string of the molecule is OC(c1ccc(Cl)cc1Cl)C(F)n1cncn1. The highest BCUT2D eigenvalue weighted by molar-refractivity contribution is 6.35. The van der Waals surface area contributed by atoms with E-state index in [0.29, 0.717) is 5.02 Å². The van der Waals surface area contributed by atoms with Gasteiger partial charge in [0.05, 0.1) is 0 Å². The number of rotatable bonds is 3. The summed E-state index contributed by atoms with van der Waals surface area (Å²) >= 11 is 11.6. The first-order valence-corrected chi connectivity index (χ1v) is 5.46. The van der Waals surface area contributed by atoms with Crippen LogP contribution in [0.3, 0.4) is 0 Å². The van der Waals surface area contributed by atoms with Crippen LogP contribution in [0.2, 0.25) is 10.0 Å². The van der Waals surface area contributed by atoms with Crippen molar-refractivity contribution in [3.63, 3.8) is 0 Å². The number of aliphatic hydroxyl groups excluding tert-OH is 1. The van der Waals surface area contributed by atoms with Gasteiger partial charge < -0.3 is 5.11 Å². The standard InChI is InChI=1S/C10H8Cl2FN3O/c11-6-1-2-7(8(12)3-6)9(17)10(13)16-5-14-4-15-16/h1-5,9-10,17H. The summed E-state index contributed by atoms with van der Waals surface area (Å²) in [5.41, 5.74) is 0.249. The zero-order valence-electron chi connectivity index (χ0n) is 8.46. The Morgan fingerprint density at radius 2 is 2.12 bits per heavy atom. The molecule has 2 atom stereocenters. The fourth-order valence-electron chi connectivity index (χ4n) is 1.38. The van der Waals surface area contributed by atoms with Crippen LogP contribution >= 0.6 is 23.2 Å². The number of aromatic nitrogens is 3. The van der Waals surface area contributed by atoms with E-state index in [1.807, 2.05) is 0 Å². The minimum absolute atomic E-state index is 0.202. The van der Waals surface area contributed by atoms with Crippen LogP contribution < -0.4 is 0 Å². The molecular weight excluding hydrogens is 268 g/mol. The molecule has 0 fully saturated rings. The van der Waals surface area contributed by atoms with Crippen molar-refractivity contribution < 1.29 is 9.50 Å². The zero-order chi connectivity index (χ0) is 12.4. The number of benzene rings is 1. The monoisotopic (exact) mass is 275 g/mol. The van der Waals surface area contributed by atoms with Crippen molar-refractivity contribution in [2.24, 2.45) is 0 Å². The number of nitrogens with zero attached hydrogens (tertiary/aromatic N) is 3. The average Bonchev–Trinajstić information content (AvgIpc) is 2.80. The third-order valence-electron chi connectivity index (χ3n) is 2.23. The van der Waals surface area contributed by atoms with Crippen LogP contribution in [-0.2, 0) is 0 Å². The summed E-state index contributed by atoms with van der Waals surface area (Å²) < 4.78 is 14.8. The lowest BCUT2D eigenvalue weighted by Gasteiger charge is -2.17. The highest BCUT2D eigenvalue weighted by Gasteiger charge is 2.24. The van der Waals surface area contributed by atoms with Crippen LogP contribution in [0.1, 0.15) is 18.0 Å². The first-order valence-electron chi connectivity index (χ1n) is 4.71. The molecule has 4 nitrogen and oxygen atoms in total. The van der Waals surface area contributed by atoms with E-state index >= 15 is 0 Å². The van der Waals surface area contributed by atoms with Crippen LogP contribution in [0.5, 0.6) is 0 Å². The van der Waals surface area contributed by atoms with Gasteiger partial charge in [-0.25, -0.2) is 14.1 Å². The molecule has 2 rings (SSSR count). The maximum atomic E-state index is 13.8. The normalized spacial score (nSPS) is 14.6. The van der Waals surface area contributed by atoms with Gasteiger partial charge in [-0.3, -0.25) is 0 Å². The molecule has 1 aromatic heterocycles. The van der Waals surface area contributed by atoms with E-state index in [1.165, 1.54) is 30.9 Å². The van der Waals surface area contributed by atoms with E-state index in [0.717, 1.165) is 4.68 Å². The minimum atomic E-state index is -1.75. The van der Waals surface area contributed by atoms with Crippen molar-refractivity contribution >= 4 is 23.2 Å². The molecule has 2 unspecified atom stereocenters. The van der Waals surface area contributed by atoms with Gasteiger partial charge in [-0.2, -0.15) is 5.10 Å².